The summed E-state index contributed by atoms with van der Waals surface area (Å²) in [7, 11) is 0. The third-order valence-electron chi connectivity index (χ3n) is 3.98. The Bertz CT molecular complexity index is 548. The summed E-state index contributed by atoms with van der Waals surface area (Å²) < 4.78 is 5.65. The first-order valence-corrected chi connectivity index (χ1v) is 8.43. The molecule has 1 N–H and O–H groups in total. The van der Waals surface area contributed by atoms with E-state index in [9.17, 15) is 9.59 Å². The third kappa shape index (κ3) is 5.60. The third-order valence-corrected chi connectivity index (χ3v) is 3.98. The molecule has 1 aromatic rings. The number of hydrogen-bond acceptors (Lipinski definition) is 4. The predicted molar refractivity (Wildman–Crippen MR) is 91.1 cm³/mol. The second kappa shape index (κ2) is 8.24. The molecule has 24 heavy (non-hydrogen) atoms. The van der Waals surface area contributed by atoms with Crippen LogP contribution in [0.15, 0.2) is 24.5 Å². The number of nitrogens with one attached hydrogen (secondary N) is 1. The molecule has 0 saturated carbocycles. The number of aromatic nitrogens is 1. The van der Waals surface area contributed by atoms with Crippen LogP contribution in [0, 0.1) is 5.41 Å². The Morgan fingerprint density at radius 2 is 2.21 bits per heavy atom. The summed E-state index contributed by atoms with van der Waals surface area (Å²) >= 11 is 0. The van der Waals surface area contributed by atoms with Gasteiger partial charge in [0.1, 0.15) is 0 Å². The van der Waals surface area contributed by atoms with Crippen LogP contribution in [0.25, 0.3) is 0 Å². The Kier molecular flexibility index (Phi) is 6.31. The number of carbonyl (C=O) groups excluding carboxylic acids is 2. The second-order valence-electron chi connectivity index (χ2n) is 7.20. The van der Waals surface area contributed by atoms with Crippen LogP contribution in [0.3, 0.4) is 0 Å². The standard InChI is InChI=1S/C18H27N3O3/c1-18(2,3)17(23)20-11-16(22)21(13-15-7-5-9-24-15)12-14-6-4-8-19-10-14/h4,6,8,10,15H,5,7,9,11-13H2,1-3H3,(H,20,23). The zero-order valence-electron chi connectivity index (χ0n) is 14.7. The van der Waals surface area contributed by atoms with E-state index in [4.69, 9.17) is 4.74 Å². The monoisotopic (exact) mass is 333 g/mol. The molecule has 0 radical (unpaired) electrons. The molecule has 1 aromatic heterocycles. The Balaban J connectivity index is 1.98. The fourth-order valence-electron chi connectivity index (χ4n) is 2.53. The molecular formula is C18H27N3O3. The highest BCUT2D eigenvalue weighted by Gasteiger charge is 2.25. The van der Waals surface area contributed by atoms with Crippen LogP contribution in [0.1, 0.15) is 39.2 Å². The number of nitrogens with zero attached hydrogens (tertiary/aromatic N) is 2. The van der Waals surface area contributed by atoms with Gasteiger partial charge in [-0.05, 0) is 24.5 Å². The number of rotatable bonds is 6. The maximum atomic E-state index is 12.6. The van der Waals surface area contributed by atoms with Gasteiger partial charge in [-0.25, -0.2) is 0 Å². The van der Waals surface area contributed by atoms with Crippen molar-refractivity contribution < 1.29 is 14.3 Å². The first-order valence-electron chi connectivity index (χ1n) is 8.43. The van der Waals surface area contributed by atoms with E-state index in [0.717, 1.165) is 25.0 Å². The van der Waals surface area contributed by atoms with Gasteiger partial charge in [0.25, 0.3) is 0 Å². The molecule has 1 aliphatic rings. The maximum absolute atomic E-state index is 12.6. The number of amides is 2. The van der Waals surface area contributed by atoms with Crippen LogP contribution >= 0.6 is 0 Å². The molecule has 0 spiro atoms. The quantitative estimate of drug-likeness (QED) is 0.861. The Morgan fingerprint density at radius 1 is 1.42 bits per heavy atom. The van der Waals surface area contributed by atoms with E-state index in [1.807, 2.05) is 32.9 Å². The summed E-state index contributed by atoms with van der Waals surface area (Å²) in [4.78, 5) is 30.4. The Labute approximate surface area is 143 Å². The van der Waals surface area contributed by atoms with E-state index in [-0.39, 0.29) is 24.5 Å². The van der Waals surface area contributed by atoms with Crippen molar-refractivity contribution >= 4 is 11.8 Å². The molecule has 6 heteroatoms. The molecule has 6 nitrogen and oxygen atoms in total. The van der Waals surface area contributed by atoms with Crippen LogP contribution < -0.4 is 5.32 Å². The lowest BCUT2D eigenvalue weighted by Gasteiger charge is -2.26. The van der Waals surface area contributed by atoms with Crippen molar-refractivity contribution in [2.75, 3.05) is 19.7 Å². The van der Waals surface area contributed by atoms with Gasteiger partial charge in [-0.1, -0.05) is 26.8 Å². The van der Waals surface area contributed by atoms with Crippen molar-refractivity contribution in [1.82, 2.24) is 15.2 Å². The number of hydrogen-bond donors (Lipinski definition) is 1. The molecule has 1 unspecified atom stereocenters. The highest BCUT2D eigenvalue weighted by molar-refractivity contribution is 5.87. The zero-order valence-corrected chi connectivity index (χ0v) is 14.7. The van der Waals surface area contributed by atoms with Crippen LogP contribution in [0.5, 0.6) is 0 Å². The summed E-state index contributed by atoms with van der Waals surface area (Å²) in [6.45, 7) is 7.24. The van der Waals surface area contributed by atoms with Crippen LogP contribution in [-0.4, -0.2) is 47.5 Å². The molecule has 1 atom stereocenters. The predicted octanol–water partition coefficient (Wildman–Crippen LogP) is 1.75. The van der Waals surface area contributed by atoms with E-state index in [0.29, 0.717) is 13.1 Å². The van der Waals surface area contributed by atoms with Crippen molar-refractivity contribution in [3.05, 3.63) is 30.1 Å². The van der Waals surface area contributed by atoms with Gasteiger partial charge in [0.05, 0.1) is 12.6 Å². The van der Waals surface area contributed by atoms with Gasteiger partial charge in [0.2, 0.25) is 11.8 Å². The zero-order chi connectivity index (χ0) is 17.6. The van der Waals surface area contributed by atoms with Crippen LogP contribution in [-0.2, 0) is 20.9 Å². The topological polar surface area (TPSA) is 71.5 Å². The SMILES string of the molecule is CC(C)(C)C(=O)NCC(=O)N(Cc1cccnc1)CC1CCCO1. The molecule has 0 bridgehead atoms. The minimum atomic E-state index is -0.511. The Hall–Kier alpha value is -1.95. The van der Waals surface area contributed by atoms with E-state index in [1.165, 1.54) is 0 Å². The number of carbonyl (C=O) groups is 2. The summed E-state index contributed by atoms with van der Waals surface area (Å²) in [5.74, 6) is -0.235. The average molecular weight is 333 g/mol. The average Bonchev–Trinajstić information content (AvgIpc) is 3.04. The van der Waals surface area contributed by atoms with Crippen LogP contribution in [0.2, 0.25) is 0 Å². The van der Waals surface area contributed by atoms with Crippen molar-refractivity contribution in [2.24, 2.45) is 5.41 Å². The minimum Gasteiger partial charge on any atom is -0.376 e. The van der Waals surface area contributed by atoms with Gasteiger partial charge >= 0.3 is 0 Å². The van der Waals surface area contributed by atoms with Crippen molar-refractivity contribution in [2.45, 2.75) is 46.3 Å². The fourth-order valence-corrected chi connectivity index (χ4v) is 2.53. The lowest BCUT2D eigenvalue weighted by molar-refractivity contribution is -0.136. The maximum Gasteiger partial charge on any atom is 0.242 e. The molecule has 0 aromatic carbocycles. The van der Waals surface area contributed by atoms with Gasteiger partial charge in [-0.15, -0.1) is 0 Å². The smallest absolute Gasteiger partial charge is 0.242 e. The van der Waals surface area contributed by atoms with E-state index in [2.05, 4.69) is 10.3 Å². The van der Waals surface area contributed by atoms with Gasteiger partial charge in [-0.3, -0.25) is 14.6 Å². The van der Waals surface area contributed by atoms with Crippen molar-refractivity contribution in [3.63, 3.8) is 0 Å². The summed E-state index contributed by atoms with van der Waals surface area (Å²) in [5.41, 5.74) is 0.453. The van der Waals surface area contributed by atoms with Crippen LogP contribution in [0.4, 0.5) is 0 Å². The molecular weight excluding hydrogens is 306 g/mol. The lowest BCUT2D eigenvalue weighted by atomic mass is 9.96. The molecule has 1 aliphatic heterocycles. The Morgan fingerprint density at radius 3 is 2.79 bits per heavy atom. The highest BCUT2D eigenvalue weighted by Crippen LogP contribution is 2.15. The minimum absolute atomic E-state index is 0.00306. The summed E-state index contributed by atoms with van der Waals surface area (Å²) in [5, 5.41) is 2.73. The molecule has 132 valence electrons. The molecule has 1 fully saturated rings. The van der Waals surface area contributed by atoms with Crippen molar-refractivity contribution in [1.29, 1.82) is 0 Å². The first-order chi connectivity index (χ1) is 11.4. The van der Waals surface area contributed by atoms with E-state index in [1.54, 1.807) is 17.3 Å². The van der Waals surface area contributed by atoms with E-state index >= 15 is 0 Å². The summed E-state index contributed by atoms with van der Waals surface area (Å²) in [6.07, 6.45) is 5.53. The fraction of sp³-hybridized carbons (Fsp3) is 0.611. The second-order valence-corrected chi connectivity index (χ2v) is 7.20. The first kappa shape index (κ1) is 18.4. The molecule has 2 heterocycles. The number of ether oxygens (including phenoxy) is 1. The molecule has 2 rings (SSSR count). The summed E-state index contributed by atoms with van der Waals surface area (Å²) in [6, 6.07) is 3.79. The largest absolute Gasteiger partial charge is 0.376 e. The molecule has 0 aliphatic carbocycles. The van der Waals surface area contributed by atoms with Gasteiger partial charge in [0, 0.05) is 37.5 Å². The molecule has 2 amide bonds. The van der Waals surface area contributed by atoms with E-state index < -0.39 is 5.41 Å². The van der Waals surface area contributed by atoms with Gasteiger partial charge in [-0.2, -0.15) is 0 Å². The normalized spacial score (nSPS) is 17.5. The molecule has 1 saturated heterocycles. The van der Waals surface area contributed by atoms with Crippen molar-refractivity contribution in [3.8, 4) is 0 Å². The number of pyridine rings is 1. The lowest BCUT2D eigenvalue weighted by Crippen LogP contribution is -2.45. The van der Waals surface area contributed by atoms with Gasteiger partial charge < -0.3 is 15.0 Å². The van der Waals surface area contributed by atoms with Gasteiger partial charge in [0.15, 0.2) is 0 Å². The highest BCUT2D eigenvalue weighted by atomic mass is 16.5.